The monoisotopic (exact) mass is 385 g/mol. The second-order valence-corrected chi connectivity index (χ2v) is 6.53. The van der Waals surface area contributed by atoms with Crippen molar-refractivity contribution >= 4 is 5.96 Å². The Hall–Kier alpha value is -2.09. The molecule has 0 heterocycles. The van der Waals surface area contributed by atoms with Crippen LogP contribution in [0.1, 0.15) is 18.4 Å². The van der Waals surface area contributed by atoms with Crippen LogP contribution in [0.2, 0.25) is 0 Å². The number of methoxy groups -OCH3 is 1. The number of halogens is 2. The highest BCUT2D eigenvalue weighted by Crippen LogP contribution is 2.29. The molecule has 0 saturated heterocycles. The van der Waals surface area contributed by atoms with E-state index in [-0.39, 0.29) is 11.5 Å². The fourth-order valence-electron chi connectivity index (χ4n) is 2.61. The summed E-state index contributed by atoms with van der Waals surface area (Å²) in [7, 11) is 5.10. The highest BCUT2D eigenvalue weighted by Gasteiger charge is 2.21. The van der Waals surface area contributed by atoms with Crippen molar-refractivity contribution in [2.75, 3.05) is 47.5 Å². The summed E-state index contributed by atoms with van der Waals surface area (Å²) in [5.41, 5.74) is 0.866. The van der Waals surface area contributed by atoms with Crippen molar-refractivity contribution in [1.29, 1.82) is 0 Å². The Bertz CT molecular complexity index is 610. The predicted octanol–water partition coefficient (Wildman–Crippen LogP) is 2.77. The van der Waals surface area contributed by atoms with E-state index in [9.17, 15) is 8.78 Å². The zero-order valence-electron chi connectivity index (χ0n) is 16.2. The Morgan fingerprint density at radius 3 is 2.74 bits per heavy atom. The first-order valence-corrected chi connectivity index (χ1v) is 9.14. The molecular formula is C19H29F2N3O3. The minimum absolute atomic E-state index is 0.0410. The number of rotatable bonds is 11. The first-order chi connectivity index (χ1) is 13.0. The number of ether oxygens (including phenoxy) is 3. The number of aliphatic imine (C=N–C) groups is 1. The molecule has 27 heavy (non-hydrogen) atoms. The van der Waals surface area contributed by atoms with Crippen molar-refractivity contribution in [2.45, 2.75) is 25.9 Å². The summed E-state index contributed by atoms with van der Waals surface area (Å²) in [5.74, 6) is 1.85. The summed E-state index contributed by atoms with van der Waals surface area (Å²) in [6.07, 6.45) is 3.21. The van der Waals surface area contributed by atoms with Gasteiger partial charge in [-0.25, -0.2) is 0 Å². The molecule has 0 atom stereocenters. The standard InChI is InChI=1S/C19H29F2N3O3/c1-22-19(24(2)10-11-26-13-15-4-5-15)23-9-8-14-6-7-16(25-3)17(12-14)27-18(20)21/h6-7,12,15,18H,4-5,8-11,13H2,1-3H3,(H,22,23). The minimum atomic E-state index is -2.89. The average molecular weight is 385 g/mol. The predicted molar refractivity (Wildman–Crippen MR) is 101 cm³/mol. The number of hydrogen-bond acceptors (Lipinski definition) is 4. The van der Waals surface area contributed by atoms with E-state index >= 15 is 0 Å². The van der Waals surface area contributed by atoms with E-state index in [1.807, 2.05) is 18.0 Å². The van der Waals surface area contributed by atoms with Crippen LogP contribution in [0.15, 0.2) is 23.2 Å². The number of nitrogens with zero attached hydrogens (tertiary/aromatic N) is 2. The molecule has 0 aliphatic heterocycles. The second-order valence-electron chi connectivity index (χ2n) is 6.53. The smallest absolute Gasteiger partial charge is 0.387 e. The third-order valence-corrected chi connectivity index (χ3v) is 4.34. The van der Waals surface area contributed by atoms with Crippen LogP contribution in [-0.2, 0) is 11.2 Å². The number of likely N-dealkylation sites (N-methyl/N-ethyl adjacent to an activating group) is 1. The highest BCUT2D eigenvalue weighted by atomic mass is 19.3. The quantitative estimate of drug-likeness (QED) is 0.361. The van der Waals surface area contributed by atoms with Gasteiger partial charge in [0.25, 0.3) is 0 Å². The molecule has 1 aliphatic carbocycles. The largest absolute Gasteiger partial charge is 0.493 e. The van der Waals surface area contributed by atoms with Crippen LogP contribution in [-0.4, -0.2) is 65.0 Å². The molecule has 0 aromatic heterocycles. The third-order valence-electron chi connectivity index (χ3n) is 4.34. The Labute approximate surface area is 159 Å². The SMILES string of the molecule is CN=C(NCCc1ccc(OC)c(OC(F)F)c1)N(C)CCOCC1CC1. The van der Waals surface area contributed by atoms with Gasteiger partial charge in [-0.05, 0) is 42.9 Å². The van der Waals surface area contributed by atoms with Gasteiger partial charge < -0.3 is 24.4 Å². The lowest BCUT2D eigenvalue weighted by Crippen LogP contribution is -2.41. The minimum Gasteiger partial charge on any atom is -0.493 e. The molecule has 1 aromatic rings. The maximum Gasteiger partial charge on any atom is 0.387 e. The van der Waals surface area contributed by atoms with Gasteiger partial charge >= 0.3 is 6.61 Å². The topological polar surface area (TPSA) is 55.3 Å². The molecule has 0 bridgehead atoms. The lowest BCUT2D eigenvalue weighted by molar-refractivity contribution is -0.0512. The van der Waals surface area contributed by atoms with Gasteiger partial charge in [-0.2, -0.15) is 8.78 Å². The van der Waals surface area contributed by atoms with Gasteiger partial charge in [0, 0.05) is 33.8 Å². The van der Waals surface area contributed by atoms with E-state index in [4.69, 9.17) is 9.47 Å². The molecule has 1 aromatic carbocycles. The molecule has 2 rings (SSSR count). The first-order valence-electron chi connectivity index (χ1n) is 9.14. The fourth-order valence-corrected chi connectivity index (χ4v) is 2.61. The Kier molecular flexibility index (Phi) is 8.57. The summed E-state index contributed by atoms with van der Waals surface area (Å²) in [6.45, 7) is -0.00960. The van der Waals surface area contributed by atoms with E-state index < -0.39 is 6.61 Å². The molecule has 6 nitrogen and oxygen atoms in total. The normalized spacial score (nSPS) is 14.4. The number of guanidine groups is 1. The average Bonchev–Trinajstić information content (AvgIpc) is 3.46. The van der Waals surface area contributed by atoms with Crippen molar-refractivity contribution in [2.24, 2.45) is 10.9 Å². The van der Waals surface area contributed by atoms with Crippen LogP contribution in [0.5, 0.6) is 11.5 Å². The second kappa shape index (κ2) is 10.9. The molecule has 8 heteroatoms. The molecule has 152 valence electrons. The van der Waals surface area contributed by atoms with Gasteiger partial charge in [-0.3, -0.25) is 4.99 Å². The molecule has 0 unspecified atom stereocenters. The number of benzene rings is 1. The van der Waals surface area contributed by atoms with E-state index in [0.717, 1.165) is 30.6 Å². The number of nitrogens with one attached hydrogen (secondary N) is 1. The van der Waals surface area contributed by atoms with Crippen LogP contribution in [0.4, 0.5) is 8.78 Å². The van der Waals surface area contributed by atoms with Gasteiger partial charge in [0.05, 0.1) is 13.7 Å². The van der Waals surface area contributed by atoms with Gasteiger partial charge in [0.2, 0.25) is 0 Å². The van der Waals surface area contributed by atoms with Gasteiger partial charge in [0.1, 0.15) is 0 Å². The fraction of sp³-hybridized carbons (Fsp3) is 0.632. The Morgan fingerprint density at radius 1 is 1.33 bits per heavy atom. The molecule has 1 N–H and O–H groups in total. The maximum absolute atomic E-state index is 12.5. The molecule has 1 saturated carbocycles. The molecule has 1 aliphatic rings. The van der Waals surface area contributed by atoms with Crippen molar-refractivity contribution in [1.82, 2.24) is 10.2 Å². The van der Waals surface area contributed by atoms with Crippen molar-refractivity contribution < 1.29 is 23.0 Å². The van der Waals surface area contributed by atoms with E-state index in [2.05, 4.69) is 15.0 Å². The van der Waals surface area contributed by atoms with Crippen LogP contribution < -0.4 is 14.8 Å². The number of hydrogen-bond donors (Lipinski definition) is 1. The van der Waals surface area contributed by atoms with Gasteiger partial charge in [0.15, 0.2) is 17.5 Å². The van der Waals surface area contributed by atoms with Crippen LogP contribution in [0.25, 0.3) is 0 Å². The first kappa shape index (κ1) is 21.2. The van der Waals surface area contributed by atoms with E-state index in [1.54, 1.807) is 19.2 Å². The van der Waals surface area contributed by atoms with Crippen molar-refractivity contribution in [3.63, 3.8) is 0 Å². The van der Waals surface area contributed by atoms with E-state index in [1.165, 1.54) is 20.0 Å². The molecule has 0 amide bonds. The molecule has 0 spiro atoms. The lowest BCUT2D eigenvalue weighted by Gasteiger charge is -2.22. The molecule has 0 radical (unpaired) electrons. The third kappa shape index (κ3) is 7.58. The van der Waals surface area contributed by atoms with Crippen LogP contribution in [0.3, 0.4) is 0 Å². The summed E-state index contributed by atoms with van der Waals surface area (Å²) in [4.78, 5) is 6.27. The van der Waals surface area contributed by atoms with Crippen molar-refractivity contribution in [3.8, 4) is 11.5 Å². The zero-order valence-corrected chi connectivity index (χ0v) is 16.2. The Balaban J connectivity index is 1.77. The van der Waals surface area contributed by atoms with E-state index in [0.29, 0.717) is 19.6 Å². The van der Waals surface area contributed by atoms with Crippen LogP contribution in [0, 0.1) is 5.92 Å². The maximum atomic E-state index is 12.5. The summed E-state index contributed by atoms with van der Waals surface area (Å²) in [6, 6.07) is 5.03. The summed E-state index contributed by atoms with van der Waals surface area (Å²) in [5, 5.41) is 3.27. The Morgan fingerprint density at radius 2 is 2.11 bits per heavy atom. The van der Waals surface area contributed by atoms with Crippen molar-refractivity contribution in [3.05, 3.63) is 23.8 Å². The zero-order chi connectivity index (χ0) is 19.6. The molecular weight excluding hydrogens is 356 g/mol. The summed E-state index contributed by atoms with van der Waals surface area (Å²) >= 11 is 0. The molecule has 1 fully saturated rings. The summed E-state index contributed by atoms with van der Waals surface area (Å²) < 4.78 is 40.2. The number of alkyl halides is 2. The van der Waals surface area contributed by atoms with Gasteiger partial charge in [-0.1, -0.05) is 6.07 Å². The van der Waals surface area contributed by atoms with Crippen LogP contribution >= 0.6 is 0 Å². The highest BCUT2D eigenvalue weighted by molar-refractivity contribution is 5.79. The van der Waals surface area contributed by atoms with Gasteiger partial charge in [-0.15, -0.1) is 0 Å². The lowest BCUT2D eigenvalue weighted by atomic mass is 10.1.